The van der Waals surface area contributed by atoms with Crippen LogP contribution < -0.4 is 0 Å². The number of esters is 1. The van der Waals surface area contributed by atoms with E-state index in [-0.39, 0.29) is 11.3 Å². The lowest BCUT2D eigenvalue weighted by Gasteiger charge is -2.41. The summed E-state index contributed by atoms with van der Waals surface area (Å²) in [6, 6.07) is 3.71. The van der Waals surface area contributed by atoms with Gasteiger partial charge in [0.15, 0.2) is 0 Å². The molecule has 1 aromatic rings. The van der Waals surface area contributed by atoms with Crippen molar-refractivity contribution in [1.82, 2.24) is 0 Å². The molecule has 0 aliphatic rings. The molecule has 2 unspecified atom stereocenters. The van der Waals surface area contributed by atoms with Crippen molar-refractivity contribution in [3.8, 4) is 0 Å². The Hall–Kier alpha value is -2.58. The Labute approximate surface area is 163 Å². The van der Waals surface area contributed by atoms with Crippen LogP contribution >= 0.6 is 0 Å². The van der Waals surface area contributed by atoms with E-state index in [4.69, 9.17) is 4.74 Å². The largest absolute Gasteiger partial charge is 0.458 e. The van der Waals surface area contributed by atoms with Crippen LogP contribution in [0.2, 0.25) is 0 Å². The number of hydrogen-bond acceptors (Lipinski definition) is 6. The molecule has 0 aliphatic heterocycles. The fraction of sp³-hybridized carbons (Fsp3) is 0.632. The molecule has 28 heavy (non-hydrogen) atoms. The summed E-state index contributed by atoms with van der Waals surface area (Å²) in [5, 5.41) is 22.5. The molecule has 0 saturated carbocycles. The first-order valence-electron chi connectivity index (χ1n) is 8.80. The van der Waals surface area contributed by atoms with E-state index in [2.05, 4.69) is 0 Å². The number of carbonyl (C=O) groups excluding carboxylic acids is 1. The van der Waals surface area contributed by atoms with Crippen LogP contribution in [-0.4, -0.2) is 33.6 Å². The van der Waals surface area contributed by atoms with Crippen LogP contribution in [0.1, 0.15) is 58.6 Å². The summed E-state index contributed by atoms with van der Waals surface area (Å²) in [4.78, 5) is 34.0. The second-order valence-corrected chi connectivity index (χ2v) is 8.83. The first-order chi connectivity index (χ1) is 12.5. The molecule has 0 heterocycles. The molecule has 0 saturated heterocycles. The van der Waals surface area contributed by atoms with Crippen LogP contribution in [0.3, 0.4) is 0 Å². The van der Waals surface area contributed by atoms with Gasteiger partial charge in [0.2, 0.25) is 12.2 Å². The van der Waals surface area contributed by atoms with Gasteiger partial charge in [0.1, 0.15) is 5.60 Å². The molecule has 9 heteroatoms. The van der Waals surface area contributed by atoms with Crippen LogP contribution in [0.15, 0.2) is 18.2 Å². The topological polar surface area (TPSA) is 113 Å². The van der Waals surface area contributed by atoms with Crippen LogP contribution in [0.5, 0.6) is 0 Å². The van der Waals surface area contributed by atoms with Gasteiger partial charge in [0, 0.05) is 22.5 Å². The number of nitrogens with zero attached hydrogens (tertiary/aromatic N) is 2. The number of ether oxygens (including phenoxy) is 1. The van der Waals surface area contributed by atoms with Crippen LogP contribution in [0.25, 0.3) is 0 Å². The van der Waals surface area contributed by atoms with Gasteiger partial charge in [0.05, 0.1) is 10.8 Å². The summed E-state index contributed by atoms with van der Waals surface area (Å²) in [7, 11) is 0. The minimum Gasteiger partial charge on any atom is -0.458 e. The highest BCUT2D eigenvalue weighted by Gasteiger charge is 2.59. The first kappa shape index (κ1) is 23.5. The average Bonchev–Trinajstić information content (AvgIpc) is 2.49. The molecule has 2 atom stereocenters. The fourth-order valence-electron chi connectivity index (χ4n) is 3.03. The monoisotopic (exact) mass is 398 g/mol. The third kappa shape index (κ3) is 5.02. The lowest BCUT2D eigenvalue weighted by Crippen LogP contribution is -2.55. The number of benzene rings is 1. The van der Waals surface area contributed by atoms with Crippen molar-refractivity contribution in [2.24, 2.45) is 5.41 Å². The highest BCUT2D eigenvalue weighted by atomic mass is 19.1. The summed E-state index contributed by atoms with van der Waals surface area (Å²) in [5.74, 6) is -2.80. The number of nitro benzene ring substituents is 1. The summed E-state index contributed by atoms with van der Waals surface area (Å²) >= 11 is 0. The Morgan fingerprint density at radius 2 is 1.68 bits per heavy atom. The van der Waals surface area contributed by atoms with Crippen molar-refractivity contribution < 1.29 is 23.8 Å². The average molecular weight is 398 g/mol. The number of non-ortho nitro benzene ring substituents is 1. The number of aryl methyl sites for hydroxylation is 1. The van der Waals surface area contributed by atoms with Crippen molar-refractivity contribution in [2.75, 3.05) is 6.54 Å². The predicted octanol–water partition coefficient (Wildman–Crippen LogP) is 4.36. The molecule has 0 aliphatic carbocycles. The highest BCUT2D eigenvalue weighted by molar-refractivity contribution is 5.82. The second kappa shape index (κ2) is 7.81. The summed E-state index contributed by atoms with van der Waals surface area (Å²) < 4.78 is 21.8. The zero-order chi connectivity index (χ0) is 22.1. The quantitative estimate of drug-likeness (QED) is 0.400. The molecule has 0 bridgehead atoms. The van der Waals surface area contributed by atoms with E-state index < -0.39 is 45.0 Å². The lowest BCUT2D eigenvalue weighted by molar-refractivity contribution is -0.486. The third-order valence-corrected chi connectivity index (χ3v) is 4.45. The second-order valence-electron chi connectivity index (χ2n) is 8.83. The maximum absolute atomic E-state index is 16.5. The molecule has 0 radical (unpaired) electrons. The van der Waals surface area contributed by atoms with Crippen molar-refractivity contribution >= 4 is 11.7 Å². The SMILES string of the molecule is Cc1ccc([N+](=O)[O-])cc1C(C[N+](=O)[O-])C(F)(C(=O)OC(C)(C)C)C(C)(C)C. The lowest BCUT2D eigenvalue weighted by atomic mass is 9.67. The smallest absolute Gasteiger partial charge is 0.345 e. The molecule has 0 fully saturated rings. The maximum Gasteiger partial charge on any atom is 0.345 e. The van der Waals surface area contributed by atoms with Crippen molar-refractivity contribution in [2.45, 2.75) is 65.7 Å². The number of halogens is 1. The summed E-state index contributed by atoms with van der Waals surface area (Å²) in [6.07, 6.45) is 0. The van der Waals surface area contributed by atoms with E-state index in [0.717, 1.165) is 6.07 Å². The molecule has 1 aromatic carbocycles. The summed E-state index contributed by atoms with van der Waals surface area (Å²) in [6.45, 7) is 9.65. The zero-order valence-electron chi connectivity index (χ0n) is 17.2. The molecular weight excluding hydrogens is 371 g/mol. The van der Waals surface area contributed by atoms with E-state index in [0.29, 0.717) is 5.56 Å². The molecule has 156 valence electrons. The van der Waals surface area contributed by atoms with Gasteiger partial charge in [-0.2, -0.15) is 0 Å². The number of hydrogen-bond donors (Lipinski definition) is 0. The van der Waals surface area contributed by atoms with Crippen molar-refractivity contribution in [1.29, 1.82) is 0 Å². The Morgan fingerprint density at radius 1 is 1.14 bits per heavy atom. The van der Waals surface area contributed by atoms with Crippen LogP contribution in [0.4, 0.5) is 10.1 Å². The minimum atomic E-state index is -2.80. The Balaban J connectivity index is 3.75. The summed E-state index contributed by atoms with van der Waals surface area (Å²) in [5.41, 5.74) is -5.09. The van der Waals surface area contributed by atoms with E-state index >= 15 is 4.39 Å². The number of nitro groups is 2. The standard InChI is InChI=1S/C19H27FN2O6/c1-12-8-9-13(22(26)27)10-14(12)15(11-21(24)25)19(20,17(2,3)4)16(23)28-18(5,6)7/h8-10,15H,11H2,1-7H3. The number of rotatable bonds is 6. The molecule has 1 rings (SSSR count). The van der Waals surface area contributed by atoms with E-state index in [1.807, 2.05) is 0 Å². The van der Waals surface area contributed by atoms with Crippen molar-refractivity contribution in [3.05, 3.63) is 49.6 Å². The van der Waals surface area contributed by atoms with Gasteiger partial charge in [0.25, 0.3) is 5.69 Å². The zero-order valence-corrected chi connectivity index (χ0v) is 17.2. The van der Waals surface area contributed by atoms with Crippen LogP contribution in [-0.2, 0) is 9.53 Å². The van der Waals surface area contributed by atoms with E-state index in [1.165, 1.54) is 32.9 Å². The van der Waals surface area contributed by atoms with Gasteiger partial charge >= 0.3 is 5.97 Å². The molecule has 0 amide bonds. The molecule has 0 spiro atoms. The molecule has 8 nitrogen and oxygen atoms in total. The molecule has 0 N–H and O–H groups in total. The number of alkyl halides is 1. The van der Waals surface area contributed by atoms with E-state index in [1.54, 1.807) is 27.7 Å². The highest BCUT2D eigenvalue weighted by Crippen LogP contribution is 2.48. The Morgan fingerprint density at radius 3 is 2.07 bits per heavy atom. The number of carbonyl (C=O) groups is 1. The maximum atomic E-state index is 16.5. The Bertz CT molecular complexity index is 782. The molecular formula is C19H27FN2O6. The van der Waals surface area contributed by atoms with Gasteiger partial charge < -0.3 is 4.74 Å². The van der Waals surface area contributed by atoms with Gasteiger partial charge in [-0.05, 0) is 38.8 Å². The van der Waals surface area contributed by atoms with Gasteiger partial charge in [-0.3, -0.25) is 20.2 Å². The predicted molar refractivity (Wildman–Crippen MR) is 102 cm³/mol. The Kier molecular flexibility index (Phi) is 6.54. The van der Waals surface area contributed by atoms with Gasteiger partial charge in [-0.25, -0.2) is 9.18 Å². The normalized spacial score (nSPS) is 15.4. The van der Waals surface area contributed by atoms with Crippen LogP contribution in [0, 0.1) is 32.6 Å². The third-order valence-electron chi connectivity index (χ3n) is 4.45. The first-order valence-corrected chi connectivity index (χ1v) is 8.80. The fourth-order valence-corrected chi connectivity index (χ4v) is 3.03. The molecule has 0 aromatic heterocycles. The van der Waals surface area contributed by atoms with Gasteiger partial charge in [-0.15, -0.1) is 0 Å². The van der Waals surface area contributed by atoms with Gasteiger partial charge in [-0.1, -0.05) is 26.8 Å². The van der Waals surface area contributed by atoms with Crippen molar-refractivity contribution in [3.63, 3.8) is 0 Å². The van der Waals surface area contributed by atoms with E-state index in [9.17, 15) is 25.0 Å². The minimum absolute atomic E-state index is 0.0363.